The number of amides is 1. The second-order valence-electron chi connectivity index (χ2n) is 12.4. The number of carbonyl (C=O) groups excluding carboxylic acids is 5. The number of phenolic OH excluding ortho intramolecular Hbond substituents is 1. The Balaban J connectivity index is 2.06. The molecular formula is C30H37BrN2O9. The van der Waals surface area contributed by atoms with Crippen LogP contribution in [-0.4, -0.2) is 77.2 Å². The van der Waals surface area contributed by atoms with Crippen LogP contribution in [0.2, 0.25) is 0 Å². The maximum absolute atomic E-state index is 14.3. The summed E-state index contributed by atoms with van der Waals surface area (Å²) in [5.41, 5.74) is 3.64. The number of nitrogens with two attached hydrogens (primary N) is 1. The molecule has 1 amide bonds. The lowest BCUT2D eigenvalue weighted by Gasteiger charge is -2.54. The summed E-state index contributed by atoms with van der Waals surface area (Å²) >= 11 is 3.31. The Morgan fingerprint density at radius 2 is 1.81 bits per heavy atom. The number of carbonyl (C=O) groups is 5. The molecule has 4 rings (SSSR count). The predicted octanol–water partition coefficient (Wildman–Crippen LogP) is 1.91. The Morgan fingerprint density at radius 3 is 2.31 bits per heavy atom. The van der Waals surface area contributed by atoms with Crippen LogP contribution in [0.25, 0.3) is 0 Å². The molecule has 2 unspecified atom stereocenters. The van der Waals surface area contributed by atoms with Gasteiger partial charge in [0.2, 0.25) is 5.91 Å². The van der Waals surface area contributed by atoms with E-state index < -0.39 is 70.0 Å². The number of ketones is 3. The summed E-state index contributed by atoms with van der Waals surface area (Å²) in [6.45, 7) is 7.25. The Morgan fingerprint density at radius 1 is 1.19 bits per heavy atom. The lowest BCUT2D eigenvalue weighted by atomic mass is 9.53. The van der Waals surface area contributed by atoms with Crippen molar-refractivity contribution in [1.82, 2.24) is 4.90 Å². The van der Waals surface area contributed by atoms with Gasteiger partial charge in [0.25, 0.3) is 0 Å². The third kappa shape index (κ3) is 4.58. The van der Waals surface area contributed by atoms with E-state index in [-0.39, 0.29) is 40.9 Å². The maximum Gasteiger partial charge on any atom is 0.305 e. The fourth-order valence-corrected chi connectivity index (χ4v) is 7.75. The first-order chi connectivity index (χ1) is 19.4. The first-order valence-electron chi connectivity index (χ1n) is 13.7. The minimum Gasteiger partial charge on any atom is -0.507 e. The van der Waals surface area contributed by atoms with Gasteiger partial charge >= 0.3 is 5.97 Å². The lowest BCUT2D eigenvalue weighted by Crippen LogP contribution is -2.72. The third-order valence-electron chi connectivity index (χ3n) is 8.62. The number of hydrogen-bond acceptors (Lipinski definition) is 10. The zero-order valence-corrected chi connectivity index (χ0v) is 26.3. The van der Waals surface area contributed by atoms with Crippen LogP contribution in [0.3, 0.4) is 0 Å². The summed E-state index contributed by atoms with van der Waals surface area (Å²) < 4.78 is 11.4. The molecule has 0 aromatic heterocycles. The van der Waals surface area contributed by atoms with Crippen LogP contribution < -0.4 is 5.73 Å². The van der Waals surface area contributed by atoms with Crippen molar-refractivity contribution in [2.45, 2.75) is 64.3 Å². The number of Topliss-reactive ketones (excluding diaryl/α,β-unsaturated/α-hetero) is 3. The quantitative estimate of drug-likeness (QED) is 0.305. The van der Waals surface area contributed by atoms with E-state index >= 15 is 0 Å². The van der Waals surface area contributed by atoms with Crippen LogP contribution in [0.5, 0.6) is 5.75 Å². The molecule has 1 saturated carbocycles. The average Bonchev–Trinajstić information content (AvgIpc) is 2.88. The molecule has 228 valence electrons. The van der Waals surface area contributed by atoms with Crippen molar-refractivity contribution >= 4 is 45.2 Å². The molecule has 6 atom stereocenters. The highest BCUT2D eigenvalue weighted by atomic mass is 79.9. The Kier molecular flexibility index (Phi) is 8.24. The average molecular weight is 650 g/mol. The second kappa shape index (κ2) is 10.9. The van der Waals surface area contributed by atoms with Gasteiger partial charge in [0.1, 0.15) is 17.8 Å². The van der Waals surface area contributed by atoms with Gasteiger partial charge in [-0.3, -0.25) is 24.0 Å². The summed E-state index contributed by atoms with van der Waals surface area (Å²) in [7, 11) is 4.67. The number of halogens is 1. The van der Waals surface area contributed by atoms with E-state index in [1.807, 2.05) is 20.8 Å². The van der Waals surface area contributed by atoms with Gasteiger partial charge in [-0.05, 0) is 29.0 Å². The molecule has 1 aromatic rings. The van der Waals surface area contributed by atoms with Gasteiger partial charge in [-0.1, -0.05) is 43.6 Å². The number of ether oxygens (including phenoxy) is 2. The SMILES string of the molecule is CCC(=O)O[C@@H]1[C@H]2Cc3c(COC)cc(C(C)(C)C)c(O)c3C(=O)C2C(=O)[C@@]2(O)C(=O)C(C(N)=O)C(Br)=C(N(C)C)[C@@H]12. The molecule has 0 aliphatic heterocycles. The number of aromatic hydroxyl groups is 1. The molecule has 3 aliphatic rings. The van der Waals surface area contributed by atoms with Gasteiger partial charge in [-0.25, -0.2) is 0 Å². The van der Waals surface area contributed by atoms with Gasteiger partial charge in [0.15, 0.2) is 23.0 Å². The third-order valence-corrected chi connectivity index (χ3v) is 9.48. The highest BCUT2D eigenvalue weighted by Crippen LogP contribution is 2.55. The molecule has 4 N–H and O–H groups in total. The molecular weight excluding hydrogens is 612 g/mol. The van der Waals surface area contributed by atoms with Gasteiger partial charge in [0, 0.05) is 49.3 Å². The summed E-state index contributed by atoms with van der Waals surface area (Å²) in [5, 5.41) is 23.5. The Bertz CT molecular complexity index is 1430. The molecule has 3 aliphatic carbocycles. The normalized spacial score (nSPS) is 29.1. The van der Waals surface area contributed by atoms with E-state index in [1.54, 1.807) is 27.1 Å². The van der Waals surface area contributed by atoms with Crippen molar-refractivity contribution in [3.63, 3.8) is 0 Å². The maximum atomic E-state index is 14.3. The predicted molar refractivity (Wildman–Crippen MR) is 153 cm³/mol. The van der Waals surface area contributed by atoms with Crippen LogP contribution in [0.4, 0.5) is 0 Å². The first kappa shape index (κ1) is 31.8. The molecule has 1 aromatic carbocycles. The molecule has 1 fully saturated rings. The van der Waals surface area contributed by atoms with Crippen LogP contribution >= 0.6 is 15.9 Å². The van der Waals surface area contributed by atoms with Crippen LogP contribution in [-0.2, 0) is 47.1 Å². The summed E-state index contributed by atoms with van der Waals surface area (Å²) in [6, 6.07) is 1.77. The zero-order chi connectivity index (χ0) is 31.6. The van der Waals surface area contributed by atoms with E-state index in [1.165, 1.54) is 12.0 Å². The lowest BCUT2D eigenvalue weighted by molar-refractivity contribution is -0.190. The van der Waals surface area contributed by atoms with Gasteiger partial charge in [-0.2, -0.15) is 0 Å². The number of phenols is 1. The Labute approximate surface area is 252 Å². The number of rotatable bonds is 6. The number of benzene rings is 1. The highest BCUT2D eigenvalue weighted by molar-refractivity contribution is 9.11. The van der Waals surface area contributed by atoms with E-state index in [9.17, 15) is 34.2 Å². The minimum absolute atomic E-state index is 0.00810. The number of hydrogen-bond donors (Lipinski definition) is 3. The molecule has 0 saturated heterocycles. The van der Waals surface area contributed by atoms with Crippen molar-refractivity contribution in [3.05, 3.63) is 38.5 Å². The molecule has 42 heavy (non-hydrogen) atoms. The molecule has 0 spiro atoms. The monoisotopic (exact) mass is 648 g/mol. The number of nitrogens with zero attached hydrogens (tertiary/aromatic N) is 1. The van der Waals surface area contributed by atoms with Gasteiger partial charge < -0.3 is 30.3 Å². The molecule has 0 radical (unpaired) electrons. The Hall–Kier alpha value is -3.09. The van der Waals surface area contributed by atoms with Crippen molar-refractivity contribution < 1.29 is 43.7 Å². The molecule has 0 bridgehead atoms. The minimum atomic E-state index is -2.92. The standard InChI is InChI=1S/C30H37BrN2O9/c1-8-16(34)42-25-14-10-13-12(11-41-7)9-15(29(2,3)4)23(35)17(13)24(36)18(14)26(37)30(40)20(25)22(33(5)6)21(31)19(27(30)38)28(32)39/h9,14,18-20,25,35,40H,8,10-11H2,1-7H3,(H2,32,39)/t14-,18?,19?,20-,25+,30+/m0/s1. The number of fused-ring (bicyclic) bond motifs is 3. The second-order valence-corrected chi connectivity index (χ2v) is 13.3. The number of methoxy groups -OCH3 is 1. The first-order valence-corrected chi connectivity index (χ1v) is 14.5. The summed E-state index contributed by atoms with van der Waals surface area (Å²) in [4.78, 5) is 69.3. The largest absolute Gasteiger partial charge is 0.507 e. The van der Waals surface area contributed by atoms with Crippen molar-refractivity contribution in [1.29, 1.82) is 0 Å². The topological polar surface area (TPSA) is 174 Å². The van der Waals surface area contributed by atoms with E-state index in [0.717, 1.165) is 0 Å². The van der Waals surface area contributed by atoms with E-state index in [2.05, 4.69) is 15.9 Å². The fourth-order valence-electron chi connectivity index (χ4n) is 6.72. The highest BCUT2D eigenvalue weighted by Gasteiger charge is 2.70. The van der Waals surface area contributed by atoms with Crippen LogP contribution in [0, 0.1) is 23.7 Å². The zero-order valence-electron chi connectivity index (χ0n) is 24.7. The van der Waals surface area contributed by atoms with Gasteiger partial charge in [0.05, 0.1) is 24.0 Å². The van der Waals surface area contributed by atoms with Crippen molar-refractivity contribution in [3.8, 4) is 5.75 Å². The van der Waals surface area contributed by atoms with E-state index in [4.69, 9.17) is 15.2 Å². The number of aliphatic hydroxyl groups is 1. The molecule has 12 heteroatoms. The smallest absolute Gasteiger partial charge is 0.305 e. The fraction of sp³-hybridized carbons (Fsp3) is 0.567. The summed E-state index contributed by atoms with van der Waals surface area (Å²) in [6.07, 6.45) is -1.37. The number of esters is 1. The molecule has 11 nitrogen and oxygen atoms in total. The van der Waals surface area contributed by atoms with Gasteiger partial charge in [-0.15, -0.1) is 0 Å². The van der Waals surface area contributed by atoms with Crippen molar-refractivity contribution in [2.24, 2.45) is 29.4 Å². The van der Waals surface area contributed by atoms with Crippen LogP contribution in [0.15, 0.2) is 16.2 Å². The molecule has 0 heterocycles. The summed E-state index contributed by atoms with van der Waals surface area (Å²) in [5.74, 6) is -11.0. The number of primary amides is 1. The van der Waals surface area contributed by atoms with Crippen LogP contribution in [0.1, 0.15) is 61.2 Å². The van der Waals surface area contributed by atoms with E-state index in [0.29, 0.717) is 16.7 Å². The van der Waals surface area contributed by atoms with Crippen molar-refractivity contribution in [2.75, 3.05) is 21.2 Å².